The summed E-state index contributed by atoms with van der Waals surface area (Å²) < 4.78 is 5.93. The van der Waals surface area contributed by atoms with Crippen LogP contribution in [0.25, 0.3) is 0 Å². The van der Waals surface area contributed by atoms with Gasteiger partial charge in [-0.25, -0.2) is 4.98 Å². The summed E-state index contributed by atoms with van der Waals surface area (Å²) in [6, 6.07) is 14.4. The second kappa shape index (κ2) is 4.21. The van der Waals surface area contributed by atoms with E-state index in [0.29, 0.717) is 0 Å². The summed E-state index contributed by atoms with van der Waals surface area (Å²) in [6.07, 6.45) is 2.22. The summed E-state index contributed by atoms with van der Waals surface area (Å²) in [4.78, 5) is 4.38. The third-order valence-corrected chi connectivity index (χ3v) is 3.16. The Hall–Kier alpha value is -1.83. The highest BCUT2D eigenvalue weighted by atomic mass is 16.5. The zero-order valence-electron chi connectivity index (χ0n) is 9.89. The molecule has 0 spiro atoms. The summed E-state index contributed by atoms with van der Waals surface area (Å²) in [5.41, 5.74) is 3.81. The van der Waals surface area contributed by atoms with Crippen molar-refractivity contribution in [1.29, 1.82) is 0 Å². The Morgan fingerprint density at radius 3 is 2.35 bits per heavy atom. The normalized spacial score (nSPS) is 14.6. The van der Waals surface area contributed by atoms with Crippen LogP contribution in [0, 0.1) is 6.92 Å². The van der Waals surface area contributed by atoms with Crippen molar-refractivity contribution in [2.45, 2.75) is 25.9 Å². The van der Waals surface area contributed by atoms with E-state index in [2.05, 4.69) is 29.2 Å². The second-order valence-electron chi connectivity index (χ2n) is 4.53. The van der Waals surface area contributed by atoms with Crippen LogP contribution < -0.4 is 4.74 Å². The zero-order valence-corrected chi connectivity index (χ0v) is 9.89. The second-order valence-corrected chi connectivity index (χ2v) is 4.53. The van der Waals surface area contributed by atoms with Gasteiger partial charge in [0.25, 0.3) is 0 Å². The summed E-state index contributed by atoms with van der Waals surface area (Å²) in [5, 5.41) is 0. The lowest BCUT2D eigenvalue weighted by Gasteiger charge is -2.12. The number of hydrogen-bond donors (Lipinski definition) is 0. The van der Waals surface area contributed by atoms with Gasteiger partial charge in [-0.3, -0.25) is 0 Å². The molecule has 0 amide bonds. The summed E-state index contributed by atoms with van der Waals surface area (Å²) in [7, 11) is 0. The Kier molecular flexibility index (Phi) is 2.56. The average molecular weight is 225 g/mol. The molecule has 1 aliphatic rings. The summed E-state index contributed by atoms with van der Waals surface area (Å²) >= 11 is 0. The van der Waals surface area contributed by atoms with Gasteiger partial charge in [0.05, 0.1) is 0 Å². The van der Waals surface area contributed by atoms with Gasteiger partial charge in [0, 0.05) is 24.6 Å². The zero-order chi connectivity index (χ0) is 11.7. The molecular weight excluding hydrogens is 210 g/mol. The van der Waals surface area contributed by atoms with E-state index in [-0.39, 0.29) is 6.10 Å². The van der Waals surface area contributed by atoms with Gasteiger partial charge < -0.3 is 4.74 Å². The smallest absolute Gasteiger partial charge is 0.213 e. The van der Waals surface area contributed by atoms with Crippen molar-refractivity contribution >= 4 is 0 Å². The Balaban J connectivity index is 1.74. The van der Waals surface area contributed by atoms with Gasteiger partial charge in [0.2, 0.25) is 5.88 Å². The van der Waals surface area contributed by atoms with E-state index < -0.39 is 0 Å². The fourth-order valence-corrected chi connectivity index (χ4v) is 2.36. The SMILES string of the molecule is Cc1cccc(OC2Cc3ccccc3C2)n1. The molecule has 1 aliphatic carbocycles. The van der Waals surface area contributed by atoms with E-state index in [1.165, 1.54) is 11.1 Å². The van der Waals surface area contributed by atoms with Crippen LogP contribution in [0.2, 0.25) is 0 Å². The third kappa shape index (κ3) is 2.16. The van der Waals surface area contributed by atoms with Gasteiger partial charge in [-0.05, 0) is 24.1 Å². The molecule has 0 saturated carbocycles. The Bertz CT molecular complexity index is 511. The molecule has 2 nitrogen and oxygen atoms in total. The van der Waals surface area contributed by atoms with Crippen molar-refractivity contribution in [3.63, 3.8) is 0 Å². The lowest BCUT2D eigenvalue weighted by Crippen LogP contribution is -2.17. The predicted molar refractivity (Wildman–Crippen MR) is 67.2 cm³/mol. The lowest BCUT2D eigenvalue weighted by atomic mass is 10.1. The van der Waals surface area contributed by atoms with Crippen molar-refractivity contribution in [3.05, 3.63) is 59.3 Å². The number of pyridine rings is 1. The molecule has 0 saturated heterocycles. The number of rotatable bonds is 2. The molecule has 2 aromatic rings. The van der Waals surface area contributed by atoms with E-state index in [1.807, 2.05) is 25.1 Å². The topological polar surface area (TPSA) is 22.1 Å². The van der Waals surface area contributed by atoms with Gasteiger partial charge in [-0.2, -0.15) is 0 Å². The van der Waals surface area contributed by atoms with E-state index >= 15 is 0 Å². The molecule has 1 aromatic heterocycles. The van der Waals surface area contributed by atoms with E-state index in [1.54, 1.807) is 0 Å². The van der Waals surface area contributed by atoms with Crippen molar-refractivity contribution in [1.82, 2.24) is 4.98 Å². The first-order chi connectivity index (χ1) is 8.31. The summed E-state index contributed by atoms with van der Waals surface area (Å²) in [6.45, 7) is 1.98. The molecule has 3 rings (SSSR count). The van der Waals surface area contributed by atoms with E-state index in [9.17, 15) is 0 Å². The van der Waals surface area contributed by atoms with Crippen LogP contribution in [0.5, 0.6) is 5.88 Å². The first-order valence-corrected chi connectivity index (χ1v) is 5.98. The fourth-order valence-electron chi connectivity index (χ4n) is 2.36. The van der Waals surface area contributed by atoms with E-state index in [0.717, 1.165) is 24.4 Å². The van der Waals surface area contributed by atoms with Crippen LogP contribution >= 0.6 is 0 Å². The largest absolute Gasteiger partial charge is 0.474 e. The quantitative estimate of drug-likeness (QED) is 0.784. The Morgan fingerprint density at radius 2 is 1.71 bits per heavy atom. The highest BCUT2D eigenvalue weighted by Gasteiger charge is 2.22. The molecule has 0 N–H and O–H groups in total. The fraction of sp³-hybridized carbons (Fsp3) is 0.267. The van der Waals surface area contributed by atoms with Crippen LogP contribution in [0.1, 0.15) is 16.8 Å². The maximum Gasteiger partial charge on any atom is 0.213 e. The minimum atomic E-state index is 0.238. The summed E-state index contributed by atoms with van der Waals surface area (Å²) in [5.74, 6) is 0.739. The lowest BCUT2D eigenvalue weighted by molar-refractivity contribution is 0.205. The first kappa shape index (κ1) is 10.3. The van der Waals surface area contributed by atoms with Gasteiger partial charge in [-0.15, -0.1) is 0 Å². The molecule has 0 atom stereocenters. The number of aryl methyl sites for hydroxylation is 1. The molecule has 0 aliphatic heterocycles. The van der Waals surface area contributed by atoms with Gasteiger partial charge in [-0.1, -0.05) is 30.3 Å². The molecule has 0 fully saturated rings. The van der Waals surface area contributed by atoms with Gasteiger partial charge in [0.1, 0.15) is 6.10 Å². The number of benzene rings is 1. The molecule has 17 heavy (non-hydrogen) atoms. The molecule has 0 bridgehead atoms. The molecule has 1 aromatic carbocycles. The standard InChI is InChI=1S/C15H15NO/c1-11-5-4-8-15(16-11)17-14-9-12-6-2-3-7-13(12)10-14/h2-8,14H,9-10H2,1H3. The van der Waals surface area contributed by atoms with Crippen LogP contribution in [-0.2, 0) is 12.8 Å². The van der Waals surface area contributed by atoms with Crippen LogP contribution in [0.15, 0.2) is 42.5 Å². The van der Waals surface area contributed by atoms with Gasteiger partial charge in [0.15, 0.2) is 0 Å². The molecule has 2 heteroatoms. The highest BCUT2D eigenvalue weighted by molar-refractivity contribution is 5.33. The number of hydrogen-bond acceptors (Lipinski definition) is 2. The molecule has 86 valence electrons. The third-order valence-electron chi connectivity index (χ3n) is 3.16. The van der Waals surface area contributed by atoms with E-state index in [4.69, 9.17) is 4.74 Å². The Morgan fingerprint density at radius 1 is 1.00 bits per heavy atom. The number of ether oxygens (including phenoxy) is 1. The number of aromatic nitrogens is 1. The molecule has 1 heterocycles. The van der Waals surface area contributed by atoms with Gasteiger partial charge >= 0.3 is 0 Å². The van der Waals surface area contributed by atoms with Crippen molar-refractivity contribution in [2.75, 3.05) is 0 Å². The van der Waals surface area contributed by atoms with Crippen molar-refractivity contribution in [2.24, 2.45) is 0 Å². The molecular formula is C15H15NO. The minimum absolute atomic E-state index is 0.238. The maximum absolute atomic E-state index is 5.93. The highest BCUT2D eigenvalue weighted by Crippen LogP contribution is 2.24. The number of nitrogens with zero attached hydrogens (tertiary/aromatic N) is 1. The number of fused-ring (bicyclic) bond motifs is 1. The average Bonchev–Trinajstić information content (AvgIpc) is 2.71. The Labute approximate surface area is 101 Å². The van der Waals surface area contributed by atoms with Crippen LogP contribution in [0.3, 0.4) is 0 Å². The van der Waals surface area contributed by atoms with Crippen molar-refractivity contribution in [3.8, 4) is 5.88 Å². The van der Waals surface area contributed by atoms with Crippen LogP contribution in [0.4, 0.5) is 0 Å². The van der Waals surface area contributed by atoms with Crippen molar-refractivity contribution < 1.29 is 4.74 Å². The molecule has 0 unspecified atom stereocenters. The van der Waals surface area contributed by atoms with Crippen LogP contribution in [-0.4, -0.2) is 11.1 Å². The maximum atomic E-state index is 5.93. The predicted octanol–water partition coefficient (Wildman–Crippen LogP) is 2.94. The first-order valence-electron chi connectivity index (χ1n) is 5.98. The minimum Gasteiger partial charge on any atom is -0.474 e. The molecule has 0 radical (unpaired) electrons. The monoisotopic (exact) mass is 225 g/mol.